The summed E-state index contributed by atoms with van der Waals surface area (Å²) in [6, 6.07) is 2.02. The van der Waals surface area contributed by atoms with Crippen LogP contribution in [0.1, 0.15) is 29.0 Å². The van der Waals surface area contributed by atoms with E-state index in [2.05, 4.69) is 20.0 Å². The molecule has 174 valence electrons. The number of hydrogen-bond acceptors (Lipinski definition) is 6. The average Bonchev–Trinajstić information content (AvgIpc) is 2.71. The smallest absolute Gasteiger partial charge is 0.289 e. The molecule has 32 heavy (non-hydrogen) atoms. The number of halogens is 6. The van der Waals surface area contributed by atoms with Gasteiger partial charge in [0.1, 0.15) is 29.7 Å². The minimum Gasteiger partial charge on any atom is -0.486 e. The largest absolute Gasteiger partial charge is 0.486 e. The molecule has 0 aliphatic rings. The minimum absolute atomic E-state index is 0.0992. The van der Waals surface area contributed by atoms with Crippen molar-refractivity contribution in [1.82, 2.24) is 9.97 Å². The lowest BCUT2D eigenvalue weighted by atomic mass is 9.99. The molecule has 0 saturated heterocycles. The zero-order valence-electron chi connectivity index (χ0n) is 16.3. The Balaban J connectivity index is 2.18. The molecule has 2 heterocycles. The second kappa shape index (κ2) is 10.4. The number of carbonyl (C=O) groups excluding carboxylic acids is 1. The van der Waals surface area contributed by atoms with Gasteiger partial charge in [-0.05, 0) is 12.1 Å². The molecule has 2 rings (SSSR count). The van der Waals surface area contributed by atoms with Gasteiger partial charge in [0.15, 0.2) is 6.61 Å². The number of pyridine rings is 2. The Morgan fingerprint density at radius 1 is 1.38 bits per heavy atom. The molecule has 0 bridgehead atoms. The van der Waals surface area contributed by atoms with Crippen molar-refractivity contribution >= 4 is 29.3 Å². The summed E-state index contributed by atoms with van der Waals surface area (Å²) in [6.45, 7) is -1.19. The summed E-state index contributed by atoms with van der Waals surface area (Å²) in [5.41, 5.74) is 3.88. The van der Waals surface area contributed by atoms with E-state index >= 15 is 0 Å². The highest BCUT2D eigenvalue weighted by atomic mass is 35.5. The van der Waals surface area contributed by atoms with Crippen LogP contribution in [0.25, 0.3) is 0 Å². The molecule has 0 aromatic carbocycles. The normalized spacial score (nSPS) is 12.4. The Bertz CT molecular complexity index is 995. The van der Waals surface area contributed by atoms with Crippen molar-refractivity contribution in [2.24, 2.45) is 5.73 Å². The summed E-state index contributed by atoms with van der Waals surface area (Å²) in [6.07, 6.45) is -1.73. The van der Waals surface area contributed by atoms with Gasteiger partial charge in [-0.25, -0.2) is 31.9 Å². The van der Waals surface area contributed by atoms with Crippen LogP contribution in [-0.2, 0) is 4.74 Å². The zero-order chi connectivity index (χ0) is 24.1. The second-order valence-corrected chi connectivity index (χ2v) is 6.76. The van der Waals surface area contributed by atoms with E-state index < -0.39 is 54.9 Å². The third-order valence-electron chi connectivity index (χ3n) is 3.99. The molecule has 1 atom stereocenters. The molecule has 8 nitrogen and oxygen atoms in total. The number of amidine groups is 1. The Labute approximate surface area is 183 Å². The molecule has 0 spiro atoms. The lowest BCUT2D eigenvalue weighted by Gasteiger charge is -2.23. The molecule has 0 fully saturated rings. The molecule has 0 radical (unpaired) electrons. The fourth-order valence-corrected chi connectivity index (χ4v) is 2.57. The summed E-state index contributed by atoms with van der Waals surface area (Å²) in [4.78, 5) is 19.8. The standard InChI is InChI=1S/C18H17ClF5N5O3/c1-8(18(23,24)7-32-17(25)26)14-11(20)2-3-13(28-14)29-16(30)15-10(19)4-9(5-27-15)31-6-12(21)22/h2-5,8,12H,6-7H2,1H3,(H3,25,26)(H,28,29,30)/t8-/m0/s1. The molecular weight excluding hydrogens is 465 g/mol. The first-order chi connectivity index (χ1) is 14.9. The van der Waals surface area contributed by atoms with Crippen molar-refractivity contribution in [2.45, 2.75) is 25.2 Å². The van der Waals surface area contributed by atoms with Crippen molar-refractivity contribution in [1.29, 1.82) is 5.41 Å². The highest BCUT2D eigenvalue weighted by molar-refractivity contribution is 6.34. The predicted octanol–water partition coefficient (Wildman–Crippen LogP) is 3.81. The molecule has 2 aromatic heterocycles. The number of rotatable bonds is 9. The van der Waals surface area contributed by atoms with Crippen LogP contribution < -0.4 is 15.8 Å². The van der Waals surface area contributed by atoms with Crippen molar-refractivity contribution < 1.29 is 36.2 Å². The van der Waals surface area contributed by atoms with Crippen molar-refractivity contribution in [3.8, 4) is 5.75 Å². The van der Waals surface area contributed by atoms with E-state index in [-0.39, 0.29) is 22.3 Å². The Hall–Kier alpha value is -3.22. The highest BCUT2D eigenvalue weighted by Gasteiger charge is 2.41. The molecule has 4 N–H and O–H groups in total. The van der Waals surface area contributed by atoms with Gasteiger partial charge in [0, 0.05) is 6.07 Å². The first-order valence-electron chi connectivity index (χ1n) is 8.79. The maximum absolute atomic E-state index is 14.2. The Kier molecular flexibility index (Phi) is 8.14. The van der Waals surface area contributed by atoms with E-state index in [1.165, 1.54) is 0 Å². The van der Waals surface area contributed by atoms with Crippen LogP contribution in [0.5, 0.6) is 5.75 Å². The average molecular weight is 482 g/mol. The fraction of sp³-hybridized carbons (Fsp3) is 0.333. The molecule has 0 saturated carbocycles. The first kappa shape index (κ1) is 25.0. The second-order valence-electron chi connectivity index (χ2n) is 6.36. The van der Waals surface area contributed by atoms with Crippen LogP contribution >= 0.6 is 11.6 Å². The van der Waals surface area contributed by atoms with Gasteiger partial charge >= 0.3 is 0 Å². The van der Waals surface area contributed by atoms with Gasteiger partial charge in [0.25, 0.3) is 24.3 Å². The summed E-state index contributed by atoms with van der Waals surface area (Å²) < 4.78 is 76.1. The predicted molar refractivity (Wildman–Crippen MR) is 104 cm³/mol. The van der Waals surface area contributed by atoms with E-state index in [9.17, 15) is 26.7 Å². The number of carbonyl (C=O) groups is 1. The number of nitrogens with two attached hydrogens (primary N) is 1. The van der Waals surface area contributed by atoms with Gasteiger partial charge in [0.2, 0.25) is 0 Å². The molecule has 14 heteroatoms. The number of anilines is 1. The number of alkyl halides is 4. The van der Waals surface area contributed by atoms with E-state index in [0.717, 1.165) is 31.3 Å². The van der Waals surface area contributed by atoms with Crippen LogP contribution in [0, 0.1) is 11.2 Å². The van der Waals surface area contributed by atoms with Gasteiger partial charge in [0.05, 0.1) is 22.8 Å². The van der Waals surface area contributed by atoms with Gasteiger partial charge in [-0.3, -0.25) is 10.2 Å². The van der Waals surface area contributed by atoms with Crippen molar-refractivity contribution in [3.05, 3.63) is 46.6 Å². The van der Waals surface area contributed by atoms with E-state index in [1.807, 2.05) is 0 Å². The van der Waals surface area contributed by atoms with Crippen molar-refractivity contribution in [3.63, 3.8) is 0 Å². The number of nitrogens with zero attached hydrogens (tertiary/aromatic N) is 2. The van der Waals surface area contributed by atoms with E-state index in [4.69, 9.17) is 27.5 Å². The maximum atomic E-state index is 14.2. The summed E-state index contributed by atoms with van der Waals surface area (Å²) in [5.74, 6) is -7.79. The van der Waals surface area contributed by atoms with Gasteiger partial charge in [-0.1, -0.05) is 18.5 Å². The van der Waals surface area contributed by atoms with Crippen LogP contribution in [0.4, 0.5) is 27.8 Å². The number of aromatic nitrogens is 2. The quantitative estimate of drug-likeness (QED) is 0.284. The van der Waals surface area contributed by atoms with Crippen LogP contribution in [-0.4, -0.2) is 47.5 Å². The lowest BCUT2D eigenvalue weighted by Crippen LogP contribution is -2.34. The molecule has 0 aliphatic heterocycles. The Morgan fingerprint density at radius 2 is 2.06 bits per heavy atom. The van der Waals surface area contributed by atoms with E-state index in [0.29, 0.717) is 0 Å². The molecule has 0 unspecified atom stereocenters. The fourth-order valence-electron chi connectivity index (χ4n) is 2.33. The van der Waals surface area contributed by atoms with E-state index in [1.54, 1.807) is 0 Å². The number of ether oxygens (including phenoxy) is 2. The SMILES string of the molecule is C[C@@H](c1nc(NC(=O)c2ncc(OCC(F)F)cc2Cl)ccc1F)C(F)(F)COC(=N)N. The highest BCUT2D eigenvalue weighted by Crippen LogP contribution is 2.34. The Morgan fingerprint density at radius 3 is 2.66 bits per heavy atom. The van der Waals surface area contributed by atoms with Gasteiger partial charge < -0.3 is 20.5 Å². The van der Waals surface area contributed by atoms with Crippen LogP contribution in [0.15, 0.2) is 24.4 Å². The molecule has 0 aliphatic carbocycles. The third-order valence-corrected chi connectivity index (χ3v) is 4.27. The topological polar surface area (TPSA) is 123 Å². The number of nitrogens with one attached hydrogen (secondary N) is 2. The van der Waals surface area contributed by atoms with Crippen LogP contribution in [0.3, 0.4) is 0 Å². The monoisotopic (exact) mass is 481 g/mol. The zero-order valence-corrected chi connectivity index (χ0v) is 17.1. The summed E-state index contributed by atoms with van der Waals surface area (Å²) >= 11 is 5.92. The lowest BCUT2D eigenvalue weighted by molar-refractivity contribution is -0.0659. The minimum atomic E-state index is -3.64. The first-order valence-corrected chi connectivity index (χ1v) is 9.17. The maximum Gasteiger partial charge on any atom is 0.289 e. The summed E-state index contributed by atoms with van der Waals surface area (Å²) in [7, 11) is 0. The molecule has 1 amide bonds. The summed E-state index contributed by atoms with van der Waals surface area (Å²) in [5, 5.41) is 8.85. The molecule has 2 aromatic rings. The van der Waals surface area contributed by atoms with Crippen molar-refractivity contribution in [2.75, 3.05) is 18.5 Å². The van der Waals surface area contributed by atoms with Crippen LogP contribution in [0.2, 0.25) is 5.02 Å². The molecular formula is C18H17ClF5N5O3. The third kappa shape index (κ3) is 6.64. The number of amides is 1. The van der Waals surface area contributed by atoms with Gasteiger partial charge in [-0.15, -0.1) is 0 Å². The van der Waals surface area contributed by atoms with Gasteiger partial charge in [-0.2, -0.15) is 0 Å². The number of hydrogen-bond donors (Lipinski definition) is 3.